The van der Waals surface area contributed by atoms with Gasteiger partial charge >= 0.3 is 5.97 Å². The van der Waals surface area contributed by atoms with E-state index in [4.69, 9.17) is 39.0 Å². The third kappa shape index (κ3) is 2.68. The van der Waals surface area contributed by atoms with Crippen molar-refractivity contribution in [3.05, 3.63) is 28.8 Å². The van der Waals surface area contributed by atoms with Crippen LogP contribution in [0.4, 0.5) is 0 Å². The van der Waals surface area contributed by atoms with Gasteiger partial charge < -0.3 is 15.2 Å². The number of halogens is 1. The van der Waals surface area contributed by atoms with Crippen molar-refractivity contribution in [1.82, 2.24) is 0 Å². The van der Waals surface area contributed by atoms with Gasteiger partial charge in [-0.05, 0) is 18.2 Å². The Balaban J connectivity index is 2.27. The summed E-state index contributed by atoms with van der Waals surface area (Å²) in [5.74, 6) is 0.0349. The van der Waals surface area contributed by atoms with E-state index in [-0.39, 0.29) is 11.0 Å². The van der Waals surface area contributed by atoms with Crippen molar-refractivity contribution in [3.8, 4) is 5.75 Å². The lowest BCUT2D eigenvalue weighted by Gasteiger charge is -2.13. The molecule has 0 spiro atoms. The molecule has 1 aliphatic rings. The number of thiocarbonyl (C=S) groups is 1. The first-order valence-electron chi connectivity index (χ1n) is 5.00. The maximum Gasteiger partial charge on any atom is 0.347 e. The Bertz CT molecular complexity index is 478. The third-order valence-electron chi connectivity index (χ3n) is 2.37. The van der Waals surface area contributed by atoms with E-state index in [1.165, 1.54) is 0 Å². The maximum absolute atomic E-state index is 11.3. The van der Waals surface area contributed by atoms with Crippen molar-refractivity contribution < 1.29 is 14.3 Å². The first kappa shape index (κ1) is 12.1. The first-order valence-corrected chi connectivity index (χ1v) is 5.79. The Labute approximate surface area is 109 Å². The molecule has 0 radical (unpaired) electrons. The van der Waals surface area contributed by atoms with Crippen LogP contribution in [0.1, 0.15) is 12.0 Å². The minimum absolute atomic E-state index is 0.197. The van der Waals surface area contributed by atoms with Gasteiger partial charge in [-0.2, -0.15) is 0 Å². The van der Waals surface area contributed by atoms with Crippen LogP contribution in [0.15, 0.2) is 18.2 Å². The average Bonchev–Trinajstić information content (AvgIpc) is 2.64. The van der Waals surface area contributed by atoms with E-state index in [1.54, 1.807) is 18.2 Å². The van der Waals surface area contributed by atoms with Gasteiger partial charge in [0.1, 0.15) is 10.7 Å². The molecule has 0 amide bonds. The predicted octanol–water partition coefficient (Wildman–Crippen LogP) is 1.67. The molecule has 1 atom stereocenters. The molecule has 6 heteroatoms. The van der Waals surface area contributed by atoms with Crippen LogP contribution in [0, 0.1) is 0 Å². The van der Waals surface area contributed by atoms with E-state index in [9.17, 15) is 4.79 Å². The van der Waals surface area contributed by atoms with Gasteiger partial charge in [-0.1, -0.05) is 23.8 Å². The van der Waals surface area contributed by atoms with E-state index in [0.29, 0.717) is 29.4 Å². The second-order valence-corrected chi connectivity index (χ2v) is 4.44. The van der Waals surface area contributed by atoms with Crippen molar-refractivity contribution in [2.45, 2.75) is 12.5 Å². The molecule has 1 heterocycles. The molecule has 1 saturated heterocycles. The average molecular weight is 272 g/mol. The quantitative estimate of drug-likeness (QED) is 0.669. The van der Waals surface area contributed by atoms with Gasteiger partial charge in [0.05, 0.1) is 12.2 Å². The Kier molecular flexibility index (Phi) is 3.49. The number of rotatable bonds is 3. The highest BCUT2D eigenvalue weighted by Gasteiger charge is 2.29. The molecule has 2 rings (SSSR count). The van der Waals surface area contributed by atoms with Gasteiger partial charge in [-0.3, -0.25) is 0 Å². The SMILES string of the molecule is NC(=S)c1ccc(Cl)cc1OC1CCOC1=O. The molecule has 1 fully saturated rings. The molecule has 0 saturated carbocycles. The number of carbonyl (C=O) groups is 1. The van der Waals surface area contributed by atoms with Crippen molar-refractivity contribution in [1.29, 1.82) is 0 Å². The Hall–Kier alpha value is -1.33. The van der Waals surface area contributed by atoms with Crippen LogP contribution in [0.2, 0.25) is 5.02 Å². The van der Waals surface area contributed by atoms with Crippen LogP contribution in [0.25, 0.3) is 0 Å². The lowest BCUT2D eigenvalue weighted by molar-refractivity contribution is -0.143. The molecule has 4 nitrogen and oxygen atoms in total. The van der Waals surface area contributed by atoms with Gasteiger partial charge in [0.15, 0.2) is 6.10 Å². The lowest BCUT2D eigenvalue weighted by Crippen LogP contribution is -2.23. The van der Waals surface area contributed by atoms with E-state index >= 15 is 0 Å². The van der Waals surface area contributed by atoms with E-state index in [0.717, 1.165) is 0 Å². The van der Waals surface area contributed by atoms with Crippen LogP contribution in [0.3, 0.4) is 0 Å². The number of nitrogens with two attached hydrogens (primary N) is 1. The summed E-state index contributed by atoms with van der Waals surface area (Å²) in [5.41, 5.74) is 6.13. The molecule has 17 heavy (non-hydrogen) atoms. The highest BCUT2D eigenvalue weighted by Crippen LogP contribution is 2.26. The van der Waals surface area contributed by atoms with Crippen molar-refractivity contribution in [2.75, 3.05) is 6.61 Å². The third-order valence-corrected chi connectivity index (χ3v) is 2.82. The summed E-state index contributed by atoms with van der Waals surface area (Å²) in [4.78, 5) is 11.5. The van der Waals surface area contributed by atoms with Crippen molar-refractivity contribution in [2.24, 2.45) is 5.73 Å². The highest BCUT2D eigenvalue weighted by atomic mass is 35.5. The zero-order valence-electron chi connectivity index (χ0n) is 8.81. The zero-order chi connectivity index (χ0) is 12.4. The molecular weight excluding hydrogens is 262 g/mol. The van der Waals surface area contributed by atoms with Gasteiger partial charge in [0, 0.05) is 11.4 Å². The number of hydrogen-bond donors (Lipinski definition) is 1. The predicted molar refractivity (Wildman–Crippen MR) is 67.3 cm³/mol. The molecule has 0 aromatic heterocycles. The van der Waals surface area contributed by atoms with Crippen LogP contribution in [-0.2, 0) is 9.53 Å². The van der Waals surface area contributed by atoms with E-state index in [2.05, 4.69) is 0 Å². The van der Waals surface area contributed by atoms with Gasteiger partial charge in [-0.15, -0.1) is 0 Å². The van der Waals surface area contributed by atoms with Crippen LogP contribution >= 0.6 is 23.8 Å². The molecule has 0 bridgehead atoms. The minimum Gasteiger partial charge on any atom is -0.478 e. The molecule has 0 aliphatic carbocycles. The normalized spacial score (nSPS) is 18.9. The van der Waals surface area contributed by atoms with Crippen LogP contribution in [-0.4, -0.2) is 23.7 Å². The summed E-state index contributed by atoms with van der Waals surface area (Å²) in [7, 11) is 0. The smallest absolute Gasteiger partial charge is 0.347 e. The second kappa shape index (κ2) is 4.89. The molecule has 2 N–H and O–H groups in total. The van der Waals surface area contributed by atoms with Crippen molar-refractivity contribution in [3.63, 3.8) is 0 Å². The summed E-state index contributed by atoms with van der Waals surface area (Å²) >= 11 is 10.8. The Morgan fingerprint density at radius 2 is 2.35 bits per heavy atom. The topological polar surface area (TPSA) is 61.6 Å². The summed E-state index contributed by atoms with van der Waals surface area (Å²) in [6.07, 6.45) is -0.0937. The summed E-state index contributed by atoms with van der Waals surface area (Å²) in [6.45, 7) is 0.368. The second-order valence-electron chi connectivity index (χ2n) is 3.57. The van der Waals surface area contributed by atoms with Gasteiger partial charge in [0.2, 0.25) is 0 Å². The van der Waals surface area contributed by atoms with Crippen LogP contribution in [0.5, 0.6) is 5.75 Å². The summed E-state index contributed by atoms with van der Waals surface area (Å²) in [5, 5.41) is 0.492. The summed E-state index contributed by atoms with van der Waals surface area (Å²) < 4.78 is 10.3. The molecular formula is C11H10ClNO3S. The fourth-order valence-corrected chi connectivity index (χ4v) is 1.87. The molecule has 1 aliphatic heterocycles. The molecule has 90 valence electrons. The number of esters is 1. The number of carbonyl (C=O) groups excluding carboxylic acids is 1. The highest BCUT2D eigenvalue weighted by molar-refractivity contribution is 7.80. The number of ether oxygens (including phenoxy) is 2. The van der Waals surface area contributed by atoms with Crippen molar-refractivity contribution >= 4 is 34.8 Å². The first-order chi connectivity index (χ1) is 8.08. The minimum atomic E-state index is -0.610. The monoisotopic (exact) mass is 271 g/mol. The fourth-order valence-electron chi connectivity index (χ4n) is 1.53. The molecule has 1 unspecified atom stereocenters. The van der Waals surface area contributed by atoms with Gasteiger partial charge in [-0.25, -0.2) is 4.79 Å². The van der Waals surface area contributed by atoms with E-state index in [1.807, 2.05) is 0 Å². The number of benzene rings is 1. The van der Waals surface area contributed by atoms with E-state index < -0.39 is 6.10 Å². The number of cyclic esters (lactones) is 1. The number of hydrogen-bond acceptors (Lipinski definition) is 4. The summed E-state index contributed by atoms with van der Waals surface area (Å²) in [6, 6.07) is 4.91. The molecule has 1 aromatic rings. The lowest BCUT2D eigenvalue weighted by atomic mass is 10.2. The zero-order valence-corrected chi connectivity index (χ0v) is 10.4. The fraction of sp³-hybridized carbons (Fsp3) is 0.273. The van der Waals surface area contributed by atoms with Gasteiger partial charge in [0.25, 0.3) is 0 Å². The largest absolute Gasteiger partial charge is 0.478 e. The maximum atomic E-state index is 11.3. The standard InChI is InChI=1S/C11H10ClNO3S/c12-6-1-2-7(10(13)17)9(5-6)16-8-3-4-15-11(8)14/h1-2,5,8H,3-4H2,(H2,13,17). The molecule has 1 aromatic carbocycles. The Morgan fingerprint density at radius 3 is 2.94 bits per heavy atom. The van der Waals surface area contributed by atoms with Crippen LogP contribution < -0.4 is 10.5 Å². The Morgan fingerprint density at radius 1 is 1.59 bits per heavy atom.